The second-order valence-electron chi connectivity index (χ2n) is 21.3. The van der Waals surface area contributed by atoms with E-state index in [4.69, 9.17) is 9.47 Å². The Bertz CT molecular complexity index is 1990. The lowest BCUT2D eigenvalue weighted by Crippen LogP contribution is -2.42. The third-order valence-electron chi connectivity index (χ3n) is 12.5. The summed E-state index contributed by atoms with van der Waals surface area (Å²) in [5.41, 5.74) is 19.6. The molecule has 2 atom stereocenters. The Morgan fingerprint density at radius 2 is 0.764 bits per heavy atom. The van der Waals surface area contributed by atoms with Gasteiger partial charge in [0.1, 0.15) is 11.5 Å². The standard InChI is InChI=1S/C52H68O2Si/c1-31-25-39-35(33-27-41(49(3,4)5)45(53-15)42(28-33)50(6,7)8)21-19-23-37(39)47(31)55(17,18)48-32(2)26-40-36(22-20-24-38(40)48)34-29-43(51(9,10)11)46(54-16)44(30-34)52(12,13)14/h19-30,47-48H,1-18H3. The van der Waals surface area contributed by atoms with Crippen LogP contribution >= 0.6 is 0 Å². The minimum absolute atomic E-state index is 0.0600. The zero-order chi connectivity index (χ0) is 40.8. The van der Waals surface area contributed by atoms with Crippen LogP contribution in [-0.2, 0) is 21.7 Å². The minimum Gasteiger partial charge on any atom is -0.496 e. The monoisotopic (exact) mass is 752 g/mol. The van der Waals surface area contributed by atoms with Crippen molar-refractivity contribution in [2.75, 3.05) is 14.2 Å². The Kier molecular flexibility index (Phi) is 10.2. The summed E-state index contributed by atoms with van der Waals surface area (Å²) in [5.74, 6) is 2.05. The van der Waals surface area contributed by atoms with Crippen LogP contribution in [-0.4, -0.2) is 22.3 Å². The van der Waals surface area contributed by atoms with Crippen molar-refractivity contribution in [1.82, 2.24) is 0 Å². The van der Waals surface area contributed by atoms with Gasteiger partial charge in [-0.25, -0.2) is 0 Å². The van der Waals surface area contributed by atoms with Crippen molar-refractivity contribution in [2.24, 2.45) is 0 Å². The fourth-order valence-electron chi connectivity index (χ4n) is 9.99. The van der Waals surface area contributed by atoms with Crippen molar-refractivity contribution < 1.29 is 9.47 Å². The van der Waals surface area contributed by atoms with Gasteiger partial charge in [0.2, 0.25) is 0 Å². The van der Waals surface area contributed by atoms with Gasteiger partial charge in [-0.05, 0) is 104 Å². The predicted octanol–water partition coefficient (Wildman–Crippen LogP) is 14.7. The molecule has 2 nitrogen and oxygen atoms in total. The molecule has 2 aliphatic rings. The van der Waals surface area contributed by atoms with E-state index in [2.05, 4.69) is 183 Å². The van der Waals surface area contributed by atoms with Gasteiger partial charge in [-0.3, -0.25) is 0 Å². The number of rotatable bonds is 6. The van der Waals surface area contributed by atoms with E-state index in [-0.39, 0.29) is 21.7 Å². The zero-order valence-electron chi connectivity index (χ0n) is 37.4. The van der Waals surface area contributed by atoms with Crippen LogP contribution in [0.2, 0.25) is 13.1 Å². The molecule has 2 aliphatic carbocycles. The first-order valence-corrected chi connectivity index (χ1v) is 23.6. The summed E-state index contributed by atoms with van der Waals surface area (Å²) in [7, 11) is 1.57. The topological polar surface area (TPSA) is 18.5 Å². The van der Waals surface area contributed by atoms with Gasteiger partial charge in [-0.15, -0.1) is 0 Å². The molecule has 3 heteroatoms. The van der Waals surface area contributed by atoms with E-state index >= 15 is 0 Å². The van der Waals surface area contributed by atoms with Gasteiger partial charge in [-0.1, -0.05) is 156 Å². The summed E-state index contributed by atoms with van der Waals surface area (Å²) < 4.78 is 12.3. The van der Waals surface area contributed by atoms with Crippen LogP contribution in [0.4, 0.5) is 0 Å². The predicted molar refractivity (Wildman–Crippen MR) is 242 cm³/mol. The molecular weight excluding hydrogens is 685 g/mol. The van der Waals surface area contributed by atoms with Crippen molar-refractivity contribution in [1.29, 1.82) is 0 Å². The first kappa shape index (κ1) is 40.8. The largest absolute Gasteiger partial charge is 0.496 e. The minimum atomic E-state index is -2.08. The molecule has 6 rings (SSSR count). The second kappa shape index (κ2) is 13.7. The molecule has 4 aromatic rings. The van der Waals surface area contributed by atoms with Gasteiger partial charge in [0.25, 0.3) is 0 Å². The molecule has 0 heterocycles. The fourth-order valence-corrected chi connectivity index (χ4v) is 14.9. The molecule has 0 N–H and O–H groups in total. The highest BCUT2D eigenvalue weighted by molar-refractivity contribution is 6.81. The summed E-state index contributed by atoms with van der Waals surface area (Å²) in [6, 6.07) is 23.8. The van der Waals surface area contributed by atoms with E-state index in [1.807, 2.05) is 14.2 Å². The zero-order valence-corrected chi connectivity index (χ0v) is 38.4. The Morgan fingerprint density at radius 1 is 0.473 bits per heavy atom. The molecule has 0 aromatic heterocycles. The number of hydrogen-bond donors (Lipinski definition) is 0. The van der Waals surface area contributed by atoms with E-state index in [9.17, 15) is 0 Å². The van der Waals surface area contributed by atoms with E-state index in [1.165, 1.54) is 77.9 Å². The lowest BCUT2D eigenvalue weighted by Gasteiger charge is -2.39. The average molecular weight is 753 g/mol. The maximum atomic E-state index is 6.16. The molecular formula is C52H68O2Si. The van der Waals surface area contributed by atoms with Gasteiger partial charge >= 0.3 is 0 Å². The Hall–Kier alpha value is -3.82. The van der Waals surface area contributed by atoms with Crippen molar-refractivity contribution in [2.45, 2.75) is 143 Å². The number of allylic oxidation sites excluding steroid dienone is 2. The van der Waals surface area contributed by atoms with Gasteiger partial charge in [-0.2, -0.15) is 0 Å². The number of hydrogen-bond acceptors (Lipinski definition) is 2. The van der Waals surface area contributed by atoms with Crippen LogP contribution in [0.25, 0.3) is 34.4 Å². The Balaban J connectivity index is 1.49. The van der Waals surface area contributed by atoms with Crippen molar-refractivity contribution >= 4 is 20.2 Å². The lowest BCUT2D eigenvalue weighted by atomic mass is 9.77. The Morgan fingerprint density at radius 3 is 1.02 bits per heavy atom. The number of methoxy groups -OCH3 is 2. The van der Waals surface area contributed by atoms with Crippen molar-refractivity contribution in [3.63, 3.8) is 0 Å². The number of benzene rings is 4. The van der Waals surface area contributed by atoms with Crippen LogP contribution in [0.15, 0.2) is 71.8 Å². The summed E-state index contributed by atoms with van der Waals surface area (Å²) in [5, 5.41) is 0. The summed E-state index contributed by atoms with van der Waals surface area (Å²) in [6.45, 7) is 37.7. The highest BCUT2D eigenvalue weighted by Gasteiger charge is 2.47. The summed E-state index contributed by atoms with van der Waals surface area (Å²) in [4.78, 5) is 0. The molecule has 4 aromatic carbocycles. The van der Waals surface area contributed by atoms with Crippen LogP contribution < -0.4 is 9.47 Å². The quantitative estimate of drug-likeness (QED) is 0.183. The molecule has 0 radical (unpaired) electrons. The first-order chi connectivity index (χ1) is 25.3. The molecule has 0 fully saturated rings. The molecule has 0 bridgehead atoms. The van der Waals surface area contributed by atoms with Crippen LogP contribution in [0.3, 0.4) is 0 Å². The first-order valence-electron chi connectivity index (χ1n) is 20.4. The van der Waals surface area contributed by atoms with E-state index < -0.39 is 8.07 Å². The molecule has 0 saturated carbocycles. The number of fused-ring (bicyclic) bond motifs is 2. The summed E-state index contributed by atoms with van der Waals surface area (Å²) in [6.07, 6.45) is 5.04. The van der Waals surface area contributed by atoms with E-state index in [1.54, 1.807) is 0 Å². The molecule has 0 spiro atoms. The van der Waals surface area contributed by atoms with Crippen molar-refractivity contribution in [3.8, 4) is 33.8 Å². The lowest BCUT2D eigenvalue weighted by molar-refractivity contribution is 0.381. The Labute approximate surface area is 335 Å². The van der Waals surface area contributed by atoms with Crippen LogP contribution in [0.1, 0.15) is 153 Å². The van der Waals surface area contributed by atoms with Gasteiger partial charge in [0.15, 0.2) is 0 Å². The van der Waals surface area contributed by atoms with Gasteiger partial charge < -0.3 is 9.47 Å². The van der Waals surface area contributed by atoms with Crippen LogP contribution in [0.5, 0.6) is 11.5 Å². The fraction of sp³-hybridized carbons (Fsp3) is 0.462. The third-order valence-corrected chi connectivity index (χ3v) is 17.0. The molecule has 0 saturated heterocycles. The highest BCUT2D eigenvalue weighted by Crippen LogP contribution is 2.55. The molecule has 55 heavy (non-hydrogen) atoms. The van der Waals surface area contributed by atoms with Gasteiger partial charge in [0, 0.05) is 33.3 Å². The highest BCUT2D eigenvalue weighted by atomic mass is 28.3. The van der Waals surface area contributed by atoms with Gasteiger partial charge in [0.05, 0.1) is 22.3 Å². The normalized spacial score (nSPS) is 17.5. The maximum Gasteiger partial charge on any atom is 0.126 e. The molecule has 0 aliphatic heterocycles. The smallest absolute Gasteiger partial charge is 0.126 e. The SMILES string of the molecule is COc1c(C(C)(C)C)cc(-c2cccc3c2C=C(C)C3[Si](C)(C)C2C(C)=Cc3c(-c4cc(C(C)(C)C)c(OC)c(C(C)(C)C)c4)cccc32)cc1C(C)(C)C. The van der Waals surface area contributed by atoms with Crippen molar-refractivity contribution in [3.05, 3.63) is 116 Å². The number of ether oxygens (including phenoxy) is 2. The van der Waals surface area contributed by atoms with Crippen LogP contribution in [0, 0.1) is 0 Å². The molecule has 2 unspecified atom stereocenters. The van der Waals surface area contributed by atoms with E-state index in [0.717, 1.165) is 11.5 Å². The average Bonchev–Trinajstić information content (AvgIpc) is 3.61. The second-order valence-corrected chi connectivity index (χ2v) is 26.1. The molecule has 0 amide bonds. The summed E-state index contributed by atoms with van der Waals surface area (Å²) >= 11 is 0. The third kappa shape index (κ3) is 7.09. The molecule has 292 valence electrons. The maximum absolute atomic E-state index is 6.16. The van der Waals surface area contributed by atoms with E-state index in [0.29, 0.717) is 11.1 Å².